The van der Waals surface area contributed by atoms with E-state index < -0.39 is 0 Å². The van der Waals surface area contributed by atoms with E-state index >= 15 is 0 Å². The average Bonchev–Trinajstić information content (AvgIpc) is 3.00. The van der Waals surface area contributed by atoms with Crippen molar-refractivity contribution in [1.29, 1.82) is 15.8 Å². The van der Waals surface area contributed by atoms with Gasteiger partial charge in [-0.25, -0.2) is 0 Å². The van der Waals surface area contributed by atoms with Crippen molar-refractivity contribution in [1.82, 2.24) is 0 Å². The molecule has 108 valence electrons. The van der Waals surface area contributed by atoms with Crippen LogP contribution in [-0.2, 0) is 0 Å². The van der Waals surface area contributed by atoms with Crippen LogP contribution in [0.2, 0.25) is 0 Å². The maximum absolute atomic E-state index is 8.98. The molecule has 0 N–H and O–H groups in total. The van der Waals surface area contributed by atoms with Crippen molar-refractivity contribution in [2.45, 2.75) is 38.5 Å². The Balaban J connectivity index is 1.38. The topological polar surface area (TPSA) is 71.4 Å². The van der Waals surface area contributed by atoms with Gasteiger partial charge in [0.15, 0.2) is 0 Å². The van der Waals surface area contributed by atoms with Crippen molar-refractivity contribution in [3.05, 3.63) is 0 Å². The molecule has 0 radical (unpaired) electrons. The highest BCUT2D eigenvalue weighted by Crippen LogP contribution is 2.69. The van der Waals surface area contributed by atoms with E-state index in [1.165, 1.54) is 0 Å². The van der Waals surface area contributed by atoms with Crippen LogP contribution in [0.25, 0.3) is 0 Å². The van der Waals surface area contributed by atoms with Gasteiger partial charge in [-0.05, 0) is 74.0 Å². The Hall–Kier alpha value is -1.53. The van der Waals surface area contributed by atoms with Gasteiger partial charge < -0.3 is 0 Å². The number of nitriles is 3. The summed E-state index contributed by atoms with van der Waals surface area (Å²) >= 11 is 0. The maximum Gasteiger partial charge on any atom is 0.0655 e. The molecule has 4 fully saturated rings. The first-order valence-electron chi connectivity index (χ1n) is 8.44. The lowest BCUT2D eigenvalue weighted by molar-refractivity contribution is 0.159. The van der Waals surface area contributed by atoms with Gasteiger partial charge in [-0.2, -0.15) is 15.8 Å². The molecule has 0 aromatic heterocycles. The van der Waals surface area contributed by atoms with Gasteiger partial charge in [0.1, 0.15) is 0 Å². The number of hydrogen-bond acceptors (Lipinski definition) is 3. The third kappa shape index (κ3) is 1.97. The molecule has 0 unspecified atom stereocenters. The summed E-state index contributed by atoms with van der Waals surface area (Å²) in [5, 5.41) is 26.9. The van der Waals surface area contributed by atoms with Crippen molar-refractivity contribution < 1.29 is 0 Å². The Bertz CT molecular complexity index is 458. The summed E-state index contributed by atoms with van der Waals surface area (Å²) in [7, 11) is 0. The van der Waals surface area contributed by atoms with E-state index in [-0.39, 0.29) is 0 Å². The normalized spacial score (nSPS) is 53.9. The summed E-state index contributed by atoms with van der Waals surface area (Å²) in [6.07, 6.45) is 6.65. The van der Waals surface area contributed by atoms with Gasteiger partial charge in [0.05, 0.1) is 18.2 Å². The zero-order valence-electron chi connectivity index (χ0n) is 12.3. The minimum atomic E-state index is 0.304. The fourth-order valence-corrected chi connectivity index (χ4v) is 5.52. The van der Waals surface area contributed by atoms with E-state index in [4.69, 9.17) is 15.8 Å². The van der Waals surface area contributed by atoms with E-state index in [1.807, 2.05) is 0 Å². The van der Waals surface area contributed by atoms with Crippen LogP contribution in [0.15, 0.2) is 0 Å². The van der Waals surface area contributed by atoms with Gasteiger partial charge in [0, 0.05) is 17.8 Å². The minimum absolute atomic E-state index is 0.304. The van der Waals surface area contributed by atoms with Crippen LogP contribution in [0, 0.1) is 87.3 Å². The standard InChI is InChI=1S/C18H21N3/c19-7-10-1-13(2-10)16-17(14-3-11(4-14)8-20)18(16)15-5-12(6-15)9-21/h10-18H,1-6H2. The molecule has 0 aliphatic heterocycles. The first-order chi connectivity index (χ1) is 10.2. The van der Waals surface area contributed by atoms with Crippen LogP contribution >= 0.6 is 0 Å². The van der Waals surface area contributed by atoms with E-state index in [1.54, 1.807) is 0 Å². The van der Waals surface area contributed by atoms with Gasteiger partial charge in [-0.15, -0.1) is 0 Å². The average molecular weight is 279 g/mol. The molecule has 4 aliphatic rings. The Morgan fingerprint density at radius 1 is 0.476 bits per heavy atom. The molecule has 0 amide bonds. The molecular weight excluding hydrogens is 258 g/mol. The van der Waals surface area contributed by atoms with Crippen molar-refractivity contribution in [3.63, 3.8) is 0 Å². The lowest BCUT2D eigenvalue weighted by Gasteiger charge is -2.35. The lowest BCUT2D eigenvalue weighted by atomic mass is 9.68. The molecule has 3 nitrogen and oxygen atoms in total. The first-order valence-corrected chi connectivity index (χ1v) is 8.44. The SMILES string of the molecule is N#CC1CC(C2C(C3CC(C#N)C3)C2C2CC(C#N)C2)C1. The zero-order chi connectivity index (χ0) is 14.6. The molecule has 0 spiro atoms. The van der Waals surface area contributed by atoms with Crippen molar-refractivity contribution >= 4 is 0 Å². The molecule has 0 heterocycles. The quantitative estimate of drug-likeness (QED) is 0.793. The van der Waals surface area contributed by atoms with Crippen molar-refractivity contribution in [2.75, 3.05) is 0 Å². The minimum Gasteiger partial charge on any atom is -0.198 e. The molecular formula is C18H21N3. The smallest absolute Gasteiger partial charge is 0.0655 e. The van der Waals surface area contributed by atoms with E-state index in [0.29, 0.717) is 17.8 Å². The molecule has 0 aromatic rings. The van der Waals surface area contributed by atoms with Crippen LogP contribution in [-0.4, -0.2) is 0 Å². The molecule has 21 heavy (non-hydrogen) atoms. The van der Waals surface area contributed by atoms with E-state index in [0.717, 1.165) is 74.0 Å². The number of rotatable bonds is 3. The Morgan fingerprint density at radius 3 is 0.905 bits per heavy atom. The van der Waals surface area contributed by atoms with Crippen LogP contribution in [0.3, 0.4) is 0 Å². The molecule has 0 aromatic carbocycles. The molecule has 0 saturated heterocycles. The van der Waals surface area contributed by atoms with Gasteiger partial charge in [0.25, 0.3) is 0 Å². The highest BCUT2D eigenvalue weighted by Gasteiger charge is 2.64. The molecule has 0 bridgehead atoms. The second kappa shape index (κ2) is 4.74. The van der Waals surface area contributed by atoms with E-state index in [2.05, 4.69) is 18.2 Å². The molecule has 0 atom stereocenters. The van der Waals surface area contributed by atoms with Crippen molar-refractivity contribution in [3.8, 4) is 18.2 Å². The highest BCUT2D eigenvalue weighted by atomic mass is 14.7. The van der Waals surface area contributed by atoms with Gasteiger partial charge in [-0.1, -0.05) is 0 Å². The summed E-state index contributed by atoms with van der Waals surface area (Å²) in [4.78, 5) is 0. The third-order valence-electron chi connectivity index (χ3n) is 6.90. The predicted molar refractivity (Wildman–Crippen MR) is 76.0 cm³/mol. The van der Waals surface area contributed by atoms with Gasteiger partial charge >= 0.3 is 0 Å². The molecule has 4 saturated carbocycles. The van der Waals surface area contributed by atoms with Crippen LogP contribution in [0.1, 0.15) is 38.5 Å². The summed E-state index contributed by atoms with van der Waals surface area (Å²) < 4.78 is 0. The molecule has 4 aliphatic carbocycles. The molecule has 3 heteroatoms. The zero-order valence-corrected chi connectivity index (χ0v) is 12.3. The summed E-state index contributed by atoms with van der Waals surface area (Å²) in [6.45, 7) is 0. The summed E-state index contributed by atoms with van der Waals surface area (Å²) in [6, 6.07) is 7.21. The summed E-state index contributed by atoms with van der Waals surface area (Å²) in [5.74, 6) is 5.69. The second-order valence-corrected chi connectivity index (χ2v) is 7.90. The largest absolute Gasteiger partial charge is 0.198 e. The van der Waals surface area contributed by atoms with Crippen molar-refractivity contribution in [2.24, 2.45) is 53.3 Å². The fourth-order valence-electron chi connectivity index (χ4n) is 5.52. The Kier molecular flexibility index (Phi) is 2.97. The summed E-state index contributed by atoms with van der Waals surface area (Å²) in [5.41, 5.74) is 0. The lowest BCUT2D eigenvalue weighted by Crippen LogP contribution is -2.28. The number of hydrogen-bond donors (Lipinski definition) is 0. The fraction of sp³-hybridized carbons (Fsp3) is 0.833. The monoisotopic (exact) mass is 279 g/mol. The van der Waals surface area contributed by atoms with Crippen LogP contribution in [0.4, 0.5) is 0 Å². The number of nitrogens with zero attached hydrogens (tertiary/aromatic N) is 3. The first kappa shape index (κ1) is 13.2. The van der Waals surface area contributed by atoms with Gasteiger partial charge in [-0.3, -0.25) is 0 Å². The molecule has 4 rings (SSSR count). The maximum atomic E-state index is 8.98. The van der Waals surface area contributed by atoms with Gasteiger partial charge in [0.2, 0.25) is 0 Å². The van der Waals surface area contributed by atoms with E-state index in [9.17, 15) is 0 Å². The predicted octanol–water partition coefficient (Wildman–Crippen LogP) is 3.50. The Morgan fingerprint density at radius 2 is 0.714 bits per heavy atom. The third-order valence-corrected chi connectivity index (χ3v) is 6.90. The highest BCUT2D eigenvalue weighted by molar-refractivity contribution is 5.15. The Labute approximate surface area is 126 Å². The van der Waals surface area contributed by atoms with Crippen LogP contribution < -0.4 is 0 Å². The second-order valence-electron chi connectivity index (χ2n) is 7.90. The van der Waals surface area contributed by atoms with Crippen LogP contribution in [0.5, 0.6) is 0 Å².